The molecule has 1 fully saturated rings. The summed E-state index contributed by atoms with van der Waals surface area (Å²) in [5.41, 5.74) is 1.10. The third kappa shape index (κ3) is 5.09. The van der Waals surface area contributed by atoms with Crippen LogP contribution in [0.1, 0.15) is 38.2 Å². The fourth-order valence-electron chi connectivity index (χ4n) is 3.36. The second-order valence-electron chi connectivity index (χ2n) is 6.96. The molecule has 2 aliphatic rings. The van der Waals surface area contributed by atoms with Crippen molar-refractivity contribution in [1.82, 2.24) is 10.6 Å². The summed E-state index contributed by atoms with van der Waals surface area (Å²) in [7, 11) is 0. The summed E-state index contributed by atoms with van der Waals surface area (Å²) in [6, 6.07) is 6.84. The van der Waals surface area contributed by atoms with E-state index in [1.807, 2.05) is 24.3 Å². The van der Waals surface area contributed by atoms with Gasteiger partial charge in [-0.3, -0.25) is 10.1 Å². The Morgan fingerprint density at radius 1 is 1.19 bits per heavy atom. The van der Waals surface area contributed by atoms with E-state index in [1.165, 1.54) is 6.42 Å². The number of imide groups is 1. The molecule has 0 radical (unpaired) electrons. The molecule has 144 valence electrons. The van der Waals surface area contributed by atoms with E-state index in [2.05, 4.69) is 17.6 Å². The van der Waals surface area contributed by atoms with Gasteiger partial charge in [-0.05, 0) is 30.9 Å². The third-order valence-electron chi connectivity index (χ3n) is 4.91. The Kier molecular flexibility index (Phi) is 6.11. The number of nitrogens with one attached hydrogen (secondary N) is 2. The summed E-state index contributed by atoms with van der Waals surface area (Å²) in [6.45, 7) is 1.65. The first-order valence-corrected chi connectivity index (χ1v) is 9.23. The van der Waals surface area contributed by atoms with Crippen LogP contribution in [-0.2, 0) is 14.3 Å². The van der Waals surface area contributed by atoms with Crippen LogP contribution in [0.4, 0.5) is 4.79 Å². The smallest absolute Gasteiger partial charge is 0.338 e. The molecule has 0 spiro atoms. The van der Waals surface area contributed by atoms with Gasteiger partial charge in [0.15, 0.2) is 6.61 Å². The van der Waals surface area contributed by atoms with Gasteiger partial charge in [-0.25, -0.2) is 9.59 Å². The van der Waals surface area contributed by atoms with E-state index < -0.39 is 24.5 Å². The quantitative estimate of drug-likeness (QED) is 0.792. The van der Waals surface area contributed by atoms with Crippen molar-refractivity contribution < 1.29 is 23.9 Å². The molecule has 1 aromatic carbocycles. The van der Waals surface area contributed by atoms with E-state index in [9.17, 15) is 14.4 Å². The highest BCUT2D eigenvalue weighted by atomic mass is 16.5. The Morgan fingerprint density at radius 3 is 2.78 bits per heavy atom. The first kappa shape index (κ1) is 18.9. The highest BCUT2D eigenvalue weighted by molar-refractivity contribution is 5.98. The van der Waals surface area contributed by atoms with Crippen molar-refractivity contribution in [2.45, 2.75) is 38.6 Å². The van der Waals surface area contributed by atoms with Crippen LogP contribution >= 0.6 is 0 Å². The van der Waals surface area contributed by atoms with Gasteiger partial charge in [0.2, 0.25) is 0 Å². The zero-order chi connectivity index (χ0) is 19.2. The number of carbonyl (C=O) groups excluding carboxylic acids is 3. The van der Waals surface area contributed by atoms with Gasteiger partial charge in [-0.2, -0.15) is 0 Å². The molecule has 3 rings (SSSR count). The molecular formula is C20H24N2O5. The fourth-order valence-corrected chi connectivity index (χ4v) is 3.36. The van der Waals surface area contributed by atoms with Crippen molar-refractivity contribution in [2.24, 2.45) is 5.92 Å². The van der Waals surface area contributed by atoms with Crippen LogP contribution in [0.3, 0.4) is 0 Å². The number of urea groups is 1. The first-order valence-electron chi connectivity index (χ1n) is 9.23. The normalized spacial score (nSPS) is 21.1. The molecule has 0 saturated heterocycles. The van der Waals surface area contributed by atoms with Crippen molar-refractivity contribution in [1.29, 1.82) is 0 Å². The van der Waals surface area contributed by atoms with E-state index in [0.29, 0.717) is 17.2 Å². The third-order valence-corrected chi connectivity index (χ3v) is 4.91. The summed E-state index contributed by atoms with van der Waals surface area (Å²) < 4.78 is 10.5. The monoisotopic (exact) mass is 372 g/mol. The number of hydrogen-bond donors (Lipinski definition) is 2. The van der Waals surface area contributed by atoms with E-state index >= 15 is 0 Å². The molecule has 7 heteroatoms. The van der Waals surface area contributed by atoms with Crippen molar-refractivity contribution >= 4 is 24.0 Å². The van der Waals surface area contributed by atoms with Gasteiger partial charge in [0, 0.05) is 11.6 Å². The number of ether oxygens (including phenoxy) is 2. The van der Waals surface area contributed by atoms with E-state index in [0.717, 1.165) is 24.8 Å². The van der Waals surface area contributed by atoms with Gasteiger partial charge in [-0.15, -0.1) is 0 Å². The maximum Gasteiger partial charge on any atom is 0.338 e. The van der Waals surface area contributed by atoms with Crippen LogP contribution in [0.5, 0.6) is 5.75 Å². The molecule has 2 atom stereocenters. The van der Waals surface area contributed by atoms with E-state index in [1.54, 1.807) is 6.08 Å². The predicted molar refractivity (Wildman–Crippen MR) is 99.0 cm³/mol. The van der Waals surface area contributed by atoms with Crippen LogP contribution in [0.25, 0.3) is 6.08 Å². The van der Waals surface area contributed by atoms with Gasteiger partial charge >= 0.3 is 12.0 Å². The van der Waals surface area contributed by atoms with Crippen LogP contribution in [0, 0.1) is 5.92 Å². The fraction of sp³-hybridized carbons (Fsp3) is 0.450. The minimum absolute atomic E-state index is 0.0683. The molecule has 2 N–H and O–H groups in total. The molecule has 1 heterocycles. The summed E-state index contributed by atoms with van der Waals surface area (Å²) >= 11 is 0. The second kappa shape index (κ2) is 8.70. The molecule has 1 saturated carbocycles. The minimum Gasteiger partial charge on any atom is -0.488 e. The van der Waals surface area contributed by atoms with Gasteiger partial charge in [-0.1, -0.05) is 38.0 Å². The Balaban J connectivity index is 1.44. The van der Waals surface area contributed by atoms with Crippen LogP contribution in [-0.4, -0.2) is 37.2 Å². The second-order valence-corrected chi connectivity index (χ2v) is 6.96. The number of hydrogen-bond acceptors (Lipinski definition) is 5. The molecule has 1 aliphatic carbocycles. The van der Waals surface area contributed by atoms with Gasteiger partial charge in [0.05, 0.1) is 5.57 Å². The maximum absolute atomic E-state index is 12.1. The standard InChI is InChI=1S/C20H24N2O5/c1-13-6-2-4-8-16(13)21-20(25)22-18(23)12-27-19(24)15-10-14-7-3-5-9-17(14)26-11-15/h3,5,7,9-10,13,16H,2,4,6,8,11-12H2,1H3,(H2,21,22,23,25)/t13-,16+/m0/s1. The van der Waals surface area contributed by atoms with Gasteiger partial charge in [0.25, 0.3) is 5.91 Å². The number of fused-ring (bicyclic) bond motifs is 1. The first-order chi connectivity index (χ1) is 13.0. The van der Waals surface area contributed by atoms with Crippen LogP contribution in [0.15, 0.2) is 29.8 Å². The summed E-state index contributed by atoms with van der Waals surface area (Å²) in [5.74, 6) is -0.220. The lowest BCUT2D eigenvalue weighted by atomic mass is 9.86. The zero-order valence-corrected chi connectivity index (χ0v) is 15.3. The van der Waals surface area contributed by atoms with Crippen molar-refractivity contribution in [3.63, 3.8) is 0 Å². The Morgan fingerprint density at radius 2 is 1.96 bits per heavy atom. The topological polar surface area (TPSA) is 93.7 Å². The van der Waals surface area contributed by atoms with Gasteiger partial charge in [0.1, 0.15) is 12.4 Å². The number of para-hydroxylation sites is 1. The molecule has 27 heavy (non-hydrogen) atoms. The molecule has 1 aromatic rings. The number of carbonyl (C=O) groups is 3. The molecule has 0 unspecified atom stereocenters. The molecule has 0 bridgehead atoms. The van der Waals surface area contributed by atoms with Crippen molar-refractivity contribution in [2.75, 3.05) is 13.2 Å². The lowest BCUT2D eigenvalue weighted by Gasteiger charge is -2.29. The average Bonchev–Trinajstić information content (AvgIpc) is 2.67. The summed E-state index contributed by atoms with van der Waals surface area (Å²) in [6.07, 6.45) is 5.89. The SMILES string of the molecule is C[C@H]1CCCC[C@H]1NC(=O)NC(=O)COC(=O)C1=Cc2ccccc2OC1. The molecule has 0 aromatic heterocycles. The maximum atomic E-state index is 12.1. The highest BCUT2D eigenvalue weighted by Crippen LogP contribution is 2.26. The Labute approximate surface area is 158 Å². The largest absolute Gasteiger partial charge is 0.488 e. The van der Waals surface area contributed by atoms with Crippen LogP contribution < -0.4 is 15.4 Å². The van der Waals surface area contributed by atoms with E-state index in [-0.39, 0.29) is 12.6 Å². The Bertz CT molecular complexity index is 758. The summed E-state index contributed by atoms with van der Waals surface area (Å²) in [5, 5.41) is 5.02. The van der Waals surface area contributed by atoms with E-state index in [4.69, 9.17) is 9.47 Å². The predicted octanol–water partition coefficient (Wildman–Crippen LogP) is 2.41. The number of esters is 1. The number of amides is 3. The lowest BCUT2D eigenvalue weighted by molar-refractivity contribution is -0.144. The summed E-state index contributed by atoms with van der Waals surface area (Å²) in [4.78, 5) is 35.9. The number of benzene rings is 1. The van der Waals surface area contributed by atoms with Crippen molar-refractivity contribution in [3.05, 3.63) is 35.4 Å². The minimum atomic E-state index is -0.665. The van der Waals surface area contributed by atoms with Crippen molar-refractivity contribution in [3.8, 4) is 5.75 Å². The van der Waals surface area contributed by atoms with Crippen LogP contribution in [0.2, 0.25) is 0 Å². The molecule has 7 nitrogen and oxygen atoms in total. The molecule has 3 amide bonds. The Hall–Kier alpha value is -2.83. The molecule has 1 aliphatic heterocycles. The number of rotatable bonds is 4. The highest BCUT2D eigenvalue weighted by Gasteiger charge is 2.24. The lowest BCUT2D eigenvalue weighted by Crippen LogP contribution is -2.48. The molecular weight excluding hydrogens is 348 g/mol. The van der Waals surface area contributed by atoms with Gasteiger partial charge < -0.3 is 14.8 Å². The zero-order valence-electron chi connectivity index (χ0n) is 15.3. The average molecular weight is 372 g/mol.